The molecule has 0 atom stereocenters. The summed E-state index contributed by atoms with van der Waals surface area (Å²) in [7, 11) is 5.15. The third kappa shape index (κ3) is 3.08. The quantitative estimate of drug-likeness (QED) is 0.654. The first-order valence-electron chi connectivity index (χ1n) is 6.47. The molecule has 5 nitrogen and oxygen atoms in total. The Balaban J connectivity index is 2.50. The Kier molecular flexibility index (Phi) is 4.33. The van der Waals surface area contributed by atoms with Crippen molar-refractivity contribution < 1.29 is 9.47 Å². The van der Waals surface area contributed by atoms with Crippen molar-refractivity contribution in [3.05, 3.63) is 48.0 Å². The second-order valence-electron chi connectivity index (χ2n) is 4.56. The zero-order chi connectivity index (χ0) is 15.4. The predicted octanol–water partition coefficient (Wildman–Crippen LogP) is 2.76. The maximum Gasteiger partial charge on any atom is 0.124 e. The monoisotopic (exact) mass is 285 g/mol. The van der Waals surface area contributed by atoms with Crippen molar-refractivity contribution in [1.29, 1.82) is 5.41 Å². The lowest BCUT2D eigenvalue weighted by Gasteiger charge is -2.23. The summed E-state index contributed by atoms with van der Waals surface area (Å²) in [5.74, 6) is 1.50. The average molecular weight is 285 g/mol. The van der Waals surface area contributed by atoms with E-state index >= 15 is 0 Å². The van der Waals surface area contributed by atoms with Crippen molar-refractivity contribution >= 4 is 17.2 Å². The lowest BCUT2D eigenvalue weighted by atomic mass is 10.1. The van der Waals surface area contributed by atoms with E-state index in [-0.39, 0.29) is 5.84 Å². The molecule has 0 aliphatic rings. The molecule has 0 saturated heterocycles. The molecular formula is C16H19N3O2. The lowest BCUT2D eigenvalue weighted by molar-refractivity contribution is 0.414. The van der Waals surface area contributed by atoms with Gasteiger partial charge in [-0.05, 0) is 24.3 Å². The van der Waals surface area contributed by atoms with Gasteiger partial charge in [0.15, 0.2) is 0 Å². The van der Waals surface area contributed by atoms with Gasteiger partial charge in [-0.1, -0.05) is 6.07 Å². The van der Waals surface area contributed by atoms with Crippen LogP contribution in [0.25, 0.3) is 0 Å². The van der Waals surface area contributed by atoms with Crippen molar-refractivity contribution in [2.24, 2.45) is 5.73 Å². The molecule has 21 heavy (non-hydrogen) atoms. The molecule has 0 aliphatic carbocycles. The zero-order valence-corrected chi connectivity index (χ0v) is 12.4. The van der Waals surface area contributed by atoms with Crippen molar-refractivity contribution in [3.8, 4) is 11.5 Å². The standard InChI is InChI=1S/C16H19N3O2/c1-19(11-5-4-6-12(9-11)20-2)15-10-13(21-3)7-8-14(15)16(17)18/h4-10H,1-3H3,(H3,17,18). The van der Waals surface area contributed by atoms with Gasteiger partial charge in [0.05, 0.1) is 19.9 Å². The smallest absolute Gasteiger partial charge is 0.124 e. The number of anilines is 2. The highest BCUT2D eigenvalue weighted by Gasteiger charge is 2.13. The lowest BCUT2D eigenvalue weighted by Crippen LogP contribution is -2.18. The second kappa shape index (κ2) is 6.17. The Bertz CT molecular complexity index is 656. The molecule has 0 radical (unpaired) electrons. The third-order valence-corrected chi connectivity index (χ3v) is 3.30. The number of nitrogens with two attached hydrogens (primary N) is 1. The van der Waals surface area contributed by atoms with Crippen LogP contribution < -0.4 is 20.1 Å². The van der Waals surface area contributed by atoms with Gasteiger partial charge in [-0.15, -0.1) is 0 Å². The summed E-state index contributed by atoms with van der Waals surface area (Å²) in [6, 6.07) is 13.1. The van der Waals surface area contributed by atoms with Gasteiger partial charge in [-0.2, -0.15) is 0 Å². The summed E-state index contributed by atoms with van der Waals surface area (Å²) >= 11 is 0. The molecule has 110 valence electrons. The molecular weight excluding hydrogens is 266 g/mol. The van der Waals surface area contributed by atoms with Crippen LogP contribution in [0.3, 0.4) is 0 Å². The molecule has 0 fully saturated rings. The highest BCUT2D eigenvalue weighted by molar-refractivity contribution is 6.01. The minimum Gasteiger partial charge on any atom is -0.497 e. The topological polar surface area (TPSA) is 71.6 Å². The number of methoxy groups -OCH3 is 2. The van der Waals surface area contributed by atoms with Gasteiger partial charge < -0.3 is 20.1 Å². The van der Waals surface area contributed by atoms with Gasteiger partial charge in [0.25, 0.3) is 0 Å². The van der Waals surface area contributed by atoms with E-state index in [0.29, 0.717) is 11.3 Å². The fourth-order valence-corrected chi connectivity index (χ4v) is 2.10. The summed E-state index contributed by atoms with van der Waals surface area (Å²) in [6.45, 7) is 0. The highest BCUT2D eigenvalue weighted by Crippen LogP contribution is 2.32. The van der Waals surface area contributed by atoms with E-state index in [1.807, 2.05) is 42.3 Å². The summed E-state index contributed by atoms with van der Waals surface area (Å²) in [6.07, 6.45) is 0. The molecule has 0 amide bonds. The summed E-state index contributed by atoms with van der Waals surface area (Å²) < 4.78 is 10.5. The number of benzene rings is 2. The van der Waals surface area contributed by atoms with Crippen LogP contribution in [0.4, 0.5) is 11.4 Å². The van der Waals surface area contributed by atoms with Crippen LogP contribution in [0.1, 0.15) is 5.56 Å². The average Bonchev–Trinajstić information content (AvgIpc) is 2.53. The van der Waals surface area contributed by atoms with E-state index in [4.69, 9.17) is 20.6 Å². The van der Waals surface area contributed by atoms with Gasteiger partial charge in [0.2, 0.25) is 0 Å². The Morgan fingerprint density at radius 1 is 1.05 bits per heavy atom. The van der Waals surface area contributed by atoms with Crippen molar-refractivity contribution in [1.82, 2.24) is 0 Å². The van der Waals surface area contributed by atoms with Crippen molar-refractivity contribution in [3.63, 3.8) is 0 Å². The molecule has 0 aromatic heterocycles. The number of amidine groups is 1. The summed E-state index contributed by atoms with van der Waals surface area (Å²) in [4.78, 5) is 1.95. The molecule has 2 aromatic carbocycles. The Labute approximate surface area is 124 Å². The molecule has 0 aliphatic heterocycles. The van der Waals surface area contributed by atoms with E-state index in [0.717, 1.165) is 17.1 Å². The minimum atomic E-state index is 0.0161. The number of nitrogens with one attached hydrogen (secondary N) is 1. The predicted molar refractivity (Wildman–Crippen MR) is 85.1 cm³/mol. The van der Waals surface area contributed by atoms with Crippen LogP contribution in [0.5, 0.6) is 11.5 Å². The number of ether oxygens (including phenoxy) is 2. The van der Waals surface area contributed by atoms with Gasteiger partial charge in [0, 0.05) is 30.4 Å². The Hall–Kier alpha value is -2.69. The molecule has 0 bridgehead atoms. The number of nitrogens with zero attached hydrogens (tertiary/aromatic N) is 1. The molecule has 0 saturated carbocycles. The minimum absolute atomic E-state index is 0.0161. The molecule has 3 N–H and O–H groups in total. The van der Waals surface area contributed by atoms with Crippen LogP contribution in [0.15, 0.2) is 42.5 Å². The SMILES string of the molecule is COc1cccc(N(C)c2cc(OC)ccc2C(=N)N)c1. The van der Waals surface area contributed by atoms with Gasteiger partial charge in [-0.3, -0.25) is 5.41 Å². The largest absolute Gasteiger partial charge is 0.497 e. The second-order valence-corrected chi connectivity index (χ2v) is 4.56. The van der Waals surface area contributed by atoms with Gasteiger partial charge in [0.1, 0.15) is 17.3 Å². The number of hydrogen-bond donors (Lipinski definition) is 2. The van der Waals surface area contributed by atoms with Crippen LogP contribution in [0.2, 0.25) is 0 Å². The van der Waals surface area contributed by atoms with Crippen LogP contribution in [-0.2, 0) is 0 Å². The maximum absolute atomic E-state index is 7.72. The molecule has 0 unspecified atom stereocenters. The summed E-state index contributed by atoms with van der Waals surface area (Å²) in [5, 5.41) is 7.72. The van der Waals surface area contributed by atoms with Gasteiger partial charge in [-0.25, -0.2) is 0 Å². The normalized spacial score (nSPS) is 10.0. The van der Waals surface area contributed by atoms with E-state index in [1.54, 1.807) is 26.4 Å². The fourth-order valence-electron chi connectivity index (χ4n) is 2.10. The van der Waals surface area contributed by atoms with Gasteiger partial charge >= 0.3 is 0 Å². The van der Waals surface area contributed by atoms with Crippen molar-refractivity contribution in [2.45, 2.75) is 0 Å². The molecule has 2 rings (SSSR count). The Morgan fingerprint density at radius 2 is 1.71 bits per heavy atom. The van der Waals surface area contributed by atoms with E-state index in [1.165, 1.54) is 0 Å². The van der Waals surface area contributed by atoms with E-state index in [2.05, 4.69) is 0 Å². The number of nitrogen functional groups attached to an aromatic ring is 1. The molecule has 0 spiro atoms. The molecule has 5 heteroatoms. The van der Waals surface area contributed by atoms with Crippen LogP contribution >= 0.6 is 0 Å². The molecule has 2 aromatic rings. The van der Waals surface area contributed by atoms with E-state index < -0.39 is 0 Å². The first-order valence-corrected chi connectivity index (χ1v) is 6.47. The molecule has 0 heterocycles. The zero-order valence-electron chi connectivity index (χ0n) is 12.4. The fraction of sp³-hybridized carbons (Fsp3) is 0.188. The maximum atomic E-state index is 7.72. The summed E-state index contributed by atoms with van der Waals surface area (Å²) in [5.41, 5.74) is 8.06. The number of hydrogen-bond acceptors (Lipinski definition) is 4. The Morgan fingerprint density at radius 3 is 2.33 bits per heavy atom. The first-order chi connectivity index (χ1) is 10.1. The van der Waals surface area contributed by atoms with Crippen LogP contribution in [0, 0.1) is 5.41 Å². The van der Waals surface area contributed by atoms with Crippen molar-refractivity contribution in [2.75, 3.05) is 26.2 Å². The van der Waals surface area contributed by atoms with Crippen LogP contribution in [-0.4, -0.2) is 27.1 Å². The first kappa shape index (κ1) is 14.7. The third-order valence-electron chi connectivity index (χ3n) is 3.30. The van der Waals surface area contributed by atoms with E-state index in [9.17, 15) is 0 Å². The number of rotatable bonds is 5. The highest BCUT2D eigenvalue weighted by atomic mass is 16.5.